The van der Waals surface area contributed by atoms with Crippen molar-refractivity contribution in [2.45, 2.75) is 20.3 Å². The lowest BCUT2D eigenvalue weighted by Crippen LogP contribution is -2.37. The quantitative estimate of drug-likeness (QED) is 0.779. The summed E-state index contributed by atoms with van der Waals surface area (Å²) in [5, 5.41) is 15.0. The standard InChI is InChI=1S/C13H18Cl2N2O2/c1-13(2,6-7-18)8-16-12(19)17-10-5-3-4-9(14)11(10)15/h3-5,18H,6-8H2,1-2H3,(H2,16,17,19). The second-order valence-electron chi connectivity index (χ2n) is 5.05. The van der Waals surface area contributed by atoms with Crippen molar-refractivity contribution >= 4 is 34.9 Å². The highest BCUT2D eigenvalue weighted by molar-refractivity contribution is 6.43. The molecule has 19 heavy (non-hydrogen) atoms. The Hall–Kier alpha value is -0.970. The van der Waals surface area contributed by atoms with Crippen LogP contribution in [0, 0.1) is 5.41 Å². The molecule has 2 amide bonds. The van der Waals surface area contributed by atoms with E-state index in [1.54, 1.807) is 18.2 Å². The first kappa shape index (κ1) is 16.1. The molecular weight excluding hydrogens is 287 g/mol. The van der Waals surface area contributed by atoms with Crippen LogP contribution in [0.4, 0.5) is 10.5 Å². The van der Waals surface area contributed by atoms with E-state index in [9.17, 15) is 4.79 Å². The Balaban J connectivity index is 2.54. The van der Waals surface area contributed by atoms with Crippen molar-refractivity contribution in [3.05, 3.63) is 28.2 Å². The number of urea groups is 1. The molecule has 0 aliphatic heterocycles. The molecule has 1 aromatic rings. The minimum absolute atomic E-state index is 0.0937. The second-order valence-corrected chi connectivity index (χ2v) is 5.83. The molecule has 1 aromatic carbocycles. The molecule has 0 spiro atoms. The Labute approximate surface area is 123 Å². The minimum Gasteiger partial charge on any atom is -0.396 e. The second kappa shape index (κ2) is 6.98. The molecule has 0 unspecified atom stereocenters. The van der Waals surface area contributed by atoms with Gasteiger partial charge in [-0.25, -0.2) is 4.79 Å². The van der Waals surface area contributed by atoms with Gasteiger partial charge in [-0.3, -0.25) is 0 Å². The summed E-state index contributed by atoms with van der Waals surface area (Å²) in [6.07, 6.45) is 0.616. The predicted molar refractivity (Wildman–Crippen MR) is 79.0 cm³/mol. The van der Waals surface area contributed by atoms with Crippen LogP contribution in [0.15, 0.2) is 18.2 Å². The number of hydrogen-bond acceptors (Lipinski definition) is 2. The van der Waals surface area contributed by atoms with Gasteiger partial charge in [0.1, 0.15) is 0 Å². The summed E-state index contributed by atoms with van der Waals surface area (Å²) in [7, 11) is 0. The molecular formula is C13H18Cl2N2O2. The van der Waals surface area contributed by atoms with Gasteiger partial charge in [-0.15, -0.1) is 0 Å². The summed E-state index contributed by atoms with van der Waals surface area (Å²) in [6.45, 7) is 4.49. The van der Waals surface area contributed by atoms with Crippen LogP contribution in [-0.2, 0) is 0 Å². The van der Waals surface area contributed by atoms with Gasteiger partial charge in [0.25, 0.3) is 0 Å². The molecule has 0 aliphatic rings. The SMILES string of the molecule is CC(C)(CCO)CNC(=O)Nc1cccc(Cl)c1Cl. The number of aliphatic hydroxyl groups is 1. The van der Waals surface area contributed by atoms with Crippen molar-refractivity contribution < 1.29 is 9.90 Å². The van der Waals surface area contributed by atoms with Gasteiger partial charge in [-0.05, 0) is 24.0 Å². The Morgan fingerprint density at radius 2 is 2.05 bits per heavy atom. The average Bonchev–Trinajstić information content (AvgIpc) is 2.33. The number of aliphatic hydroxyl groups excluding tert-OH is 1. The first-order valence-corrected chi connectivity index (χ1v) is 6.71. The van der Waals surface area contributed by atoms with Crippen molar-refractivity contribution in [3.8, 4) is 0 Å². The maximum atomic E-state index is 11.7. The van der Waals surface area contributed by atoms with Gasteiger partial charge < -0.3 is 15.7 Å². The molecule has 1 rings (SSSR count). The van der Waals surface area contributed by atoms with E-state index in [4.69, 9.17) is 28.3 Å². The van der Waals surface area contributed by atoms with E-state index in [2.05, 4.69) is 10.6 Å². The van der Waals surface area contributed by atoms with E-state index in [1.807, 2.05) is 13.8 Å². The highest BCUT2D eigenvalue weighted by Crippen LogP contribution is 2.29. The smallest absolute Gasteiger partial charge is 0.319 e. The minimum atomic E-state index is -0.352. The summed E-state index contributed by atoms with van der Waals surface area (Å²) < 4.78 is 0. The molecule has 0 saturated carbocycles. The summed E-state index contributed by atoms with van der Waals surface area (Å²) in [5.41, 5.74) is 0.302. The molecule has 4 nitrogen and oxygen atoms in total. The van der Waals surface area contributed by atoms with E-state index in [0.717, 1.165) is 0 Å². The zero-order chi connectivity index (χ0) is 14.5. The maximum absolute atomic E-state index is 11.7. The number of nitrogens with one attached hydrogen (secondary N) is 2. The predicted octanol–water partition coefficient (Wildman–Crippen LogP) is 3.52. The van der Waals surface area contributed by atoms with Crippen molar-refractivity contribution in [2.24, 2.45) is 5.41 Å². The highest BCUT2D eigenvalue weighted by Gasteiger charge is 2.18. The number of amides is 2. The van der Waals surface area contributed by atoms with Crippen LogP contribution in [-0.4, -0.2) is 24.3 Å². The van der Waals surface area contributed by atoms with Gasteiger partial charge in [0.05, 0.1) is 15.7 Å². The van der Waals surface area contributed by atoms with Gasteiger partial charge in [0.2, 0.25) is 0 Å². The van der Waals surface area contributed by atoms with Crippen LogP contribution in [0.25, 0.3) is 0 Å². The van der Waals surface area contributed by atoms with Crippen molar-refractivity contribution in [1.29, 1.82) is 0 Å². The summed E-state index contributed by atoms with van der Waals surface area (Å²) in [6, 6.07) is 4.68. The van der Waals surface area contributed by atoms with Crippen LogP contribution >= 0.6 is 23.2 Å². The Morgan fingerprint density at radius 1 is 1.37 bits per heavy atom. The fraction of sp³-hybridized carbons (Fsp3) is 0.462. The van der Waals surface area contributed by atoms with Gasteiger partial charge in [0.15, 0.2) is 0 Å². The lowest BCUT2D eigenvalue weighted by Gasteiger charge is -2.24. The lowest BCUT2D eigenvalue weighted by atomic mass is 9.90. The van der Waals surface area contributed by atoms with Crippen molar-refractivity contribution in [2.75, 3.05) is 18.5 Å². The molecule has 0 saturated heterocycles. The Kier molecular flexibility index (Phi) is 5.91. The van der Waals surface area contributed by atoms with E-state index in [1.165, 1.54) is 0 Å². The van der Waals surface area contributed by atoms with Gasteiger partial charge >= 0.3 is 6.03 Å². The zero-order valence-electron chi connectivity index (χ0n) is 11.0. The zero-order valence-corrected chi connectivity index (χ0v) is 12.5. The first-order valence-electron chi connectivity index (χ1n) is 5.95. The van der Waals surface area contributed by atoms with E-state index < -0.39 is 0 Å². The average molecular weight is 305 g/mol. The summed E-state index contributed by atoms with van der Waals surface area (Å²) >= 11 is 11.8. The lowest BCUT2D eigenvalue weighted by molar-refractivity contribution is 0.204. The number of benzene rings is 1. The third-order valence-electron chi connectivity index (χ3n) is 2.72. The molecule has 3 N–H and O–H groups in total. The molecule has 0 aromatic heterocycles. The van der Waals surface area contributed by atoms with Gasteiger partial charge in [0, 0.05) is 13.2 Å². The normalized spacial score (nSPS) is 11.2. The monoisotopic (exact) mass is 304 g/mol. The summed E-state index contributed by atoms with van der Waals surface area (Å²) in [5.74, 6) is 0. The fourth-order valence-electron chi connectivity index (χ4n) is 1.48. The summed E-state index contributed by atoms with van der Waals surface area (Å²) in [4.78, 5) is 11.7. The highest BCUT2D eigenvalue weighted by atomic mass is 35.5. The third kappa shape index (κ3) is 5.27. The van der Waals surface area contributed by atoms with Crippen LogP contribution in [0.1, 0.15) is 20.3 Å². The third-order valence-corrected chi connectivity index (χ3v) is 3.53. The molecule has 6 heteroatoms. The van der Waals surface area contributed by atoms with Gasteiger partial charge in [-0.1, -0.05) is 43.1 Å². The number of carbonyl (C=O) groups excluding carboxylic acids is 1. The van der Waals surface area contributed by atoms with Crippen molar-refractivity contribution in [3.63, 3.8) is 0 Å². The van der Waals surface area contributed by atoms with Crippen LogP contribution in [0.3, 0.4) is 0 Å². The molecule has 0 aliphatic carbocycles. The largest absolute Gasteiger partial charge is 0.396 e. The van der Waals surface area contributed by atoms with Crippen LogP contribution in [0.2, 0.25) is 10.0 Å². The Bertz CT molecular complexity index is 450. The molecule has 0 heterocycles. The Morgan fingerprint density at radius 3 is 2.68 bits per heavy atom. The molecule has 106 valence electrons. The van der Waals surface area contributed by atoms with Gasteiger partial charge in [-0.2, -0.15) is 0 Å². The first-order chi connectivity index (χ1) is 8.85. The van der Waals surface area contributed by atoms with Crippen molar-refractivity contribution in [1.82, 2.24) is 5.32 Å². The number of rotatable bonds is 5. The molecule has 0 radical (unpaired) electrons. The number of hydrogen-bond donors (Lipinski definition) is 3. The van der Waals surface area contributed by atoms with Crippen LogP contribution < -0.4 is 10.6 Å². The molecule has 0 fully saturated rings. The maximum Gasteiger partial charge on any atom is 0.319 e. The fourth-order valence-corrected chi connectivity index (χ4v) is 1.83. The molecule has 0 atom stereocenters. The van der Waals surface area contributed by atoms with Crippen LogP contribution in [0.5, 0.6) is 0 Å². The van der Waals surface area contributed by atoms with E-state index >= 15 is 0 Å². The number of anilines is 1. The van der Waals surface area contributed by atoms with E-state index in [0.29, 0.717) is 28.7 Å². The number of carbonyl (C=O) groups is 1. The number of halogens is 2. The van der Waals surface area contributed by atoms with E-state index in [-0.39, 0.29) is 18.1 Å². The molecule has 0 bridgehead atoms. The topological polar surface area (TPSA) is 61.4 Å².